The Morgan fingerprint density at radius 2 is 1.96 bits per heavy atom. The van der Waals surface area contributed by atoms with Crippen molar-refractivity contribution < 1.29 is 14.3 Å². The van der Waals surface area contributed by atoms with Gasteiger partial charge in [-0.05, 0) is 42.7 Å². The van der Waals surface area contributed by atoms with Crippen molar-refractivity contribution in [1.82, 2.24) is 10.2 Å². The Kier molecular flexibility index (Phi) is 4.79. The normalized spacial score (nSPS) is 21.8. The second-order valence-electron chi connectivity index (χ2n) is 7.19. The summed E-state index contributed by atoms with van der Waals surface area (Å²) in [5.74, 6) is 0.510. The maximum atomic E-state index is 12.8. The number of hydrogen-bond acceptors (Lipinski definition) is 3. The van der Waals surface area contributed by atoms with E-state index in [0.717, 1.165) is 18.4 Å². The third kappa shape index (κ3) is 3.78. The van der Waals surface area contributed by atoms with E-state index in [1.165, 1.54) is 0 Å². The number of fused-ring (bicyclic) bond motifs is 1. The quantitative estimate of drug-likeness (QED) is 0.865. The molecule has 1 N–H and O–H groups in total. The zero-order valence-electron chi connectivity index (χ0n) is 14.9. The van der Waals surface area contributed by atoms with Crippen LogP contribution in [0.25, 0.3) is 0 Å². The van der Waals surface area contributed by atoms with Crippen LogP contribution in [0.5, 0.6) is 5.75 Å². The highest BCUT2D eigenvalue weighted by molar-refractivity contribution is 6.30. The number of halogens is 1. The molecular weight excluding hydrogens is 364 g/mol. The molecule has 1 spiro atoms. The van der Waals surface area contributed by atoms with Crippen molar-refractivity contribution in [3.8, 4) is 5.75 Å². The fourth-order valence-electron chi connectivity index (χ4n) is 3.78. The molecule has 2 amide bonds. The van der Waals surface area contributed by atoms with Gasteiger partial charge in [0.05, 0.1) is 25.1 Å². The lowest BCUT2D eigenvalue weighted by Crippen LogP contribution is -2.58. The van der Waals surface area contributed by atoms with E-state index in [2.05, 4.69) is 5.32 Å². The first-order chi connectivity index (χ1) is 13.0. The largest absolute Gasteiger partial charge is 0.483 e. The van der Waals surface area contributed by atoms with Gasteiger partial charge in [0.25, 0.3) is 5.91 Å². The van der Waals surface area contributed by atoms with Crippen LogP contribution in [0, 0.1) is 0 Å². The van der Waals surface area contributed by atoms with Crippen LogP contribution in [0.1, 0.15) is 28.8 Å². The van der Waals surface area contributed by atoms with Gasteiger partial charge in [-0.1, -0.05) is 35.9 Å². The summed E-state index contributed by atoms with van der Waals surface area (Å²) < 4.78 is 6.31. The zero-order valence-corrected chi connectivity index (χ0v) is 15.7. The van der Waals surface area contributed by atoms with Gasteiger partial charge < -0.3 is 15.0 Å². The van der Waals surface area contributed by atoms with E-state index in [-0.39, 0.29) is 11.8 Å². The van der Waals surface area contributed by atoms with Crippen molar-refractivity contribution in [2.45, 2.75) is 24.9 Å². The Bertz CT molecular complexity index is 868. The molecule has 0 radical (unpaired) electrons. The lowest BCUT2D eigenvalue weighted by Gasteiger charge is -2.42. The molecule has 1 atom stereocenters. The lowest BCUT2D eigenvalue weighted by molar-refractivity contribution is -0.136. The van der Waals surface area contributed by atoms with Gasteiger partial charge in [-0.15, -0.1) is 0 Å². The summed E-state index contributed by atoms with van der Waals surface area (Å²) in [4.78, 5) is 27.0. The van der Waals surface area contributed by atoms with Crippen LogP contribution in [0.4, 0.5) is 0 Å². The van der Waals surface area contributed by atoms with E-state index in [9.17, 15) is 9.59 Å². The third-order valence-electron chi connectivity index (χ3n) is 5.19. The summed E-state index contributed by atoms with van der Waals surface area (Å²) in [6, 6.07) is 14.6. The molecule has 0 aliphatic carbocycles. The second kappa shape index (κ2) is 7.24. The predicted octanol–water partition coefficient (Wildman–Crippen LogP) is 3.07. The highest BCUT2D eigenvalue weighted by Crippen LogP contribution is 2.32. The highest BCUT2D eigenvalue weighted by atomic mass is 35.5. The van der Waals surface area contributed by atoms with E-state index in [1.807, 2.05) is 35.2 Å². The molecule has 2 aromatic carbocycles. The van der Waals surface area contributed by atoms with Crippen molar-refractivity contribution in [1.29, 1.82) is 0 Å². The van der Waals surface area contributed by atoms with Crippen molar-refractivity contribution in [2.75, 3.05) is 19.6 Å². The Morgan fingerprint density at radius 3 is 2.78 bits per heavy atom. The summed E-state index contributed by atoms with van der Waals surface area (Å²) in [5.41, 5.74) is 0.888. The van der Waals surface area contributed by atoms with Crippen molar-refractivity contribution in [2.24, 2.45) is 0 Å². The van der Waals surface area contributed by atoms with E-state index >= 15 is 0 Å². The number of likely N-dealkylation sites (tertiary alicyclic amines) is 1. The molecular formula is C21H21ClN2O3. The van der Waals surface area contributed by atoms with E-state index < -0.39 is 5.60 Å². The van der Waals surface area contributed by atoms with Gasteiger partial charge in [-0.3, -0.25) is 9.59 Å². The molecule has 4 rings (SSSR count). The van der Waals surface area contributed by atoms with Crippen molar-refractivity contribution in [3.05, 3.63) is 64.7 Å². The summed E-state index contributed by atoms with van der Waals surface area (Å²) in [6.45, 7) is 1.56. The number of amides is 2. The van der Waals surface area contributed by atoms with Crippen LogP contribution in [0.2, 0.25) is 5.02 Å². The Hall–Kier alpha value is -2.53. The fraction of sp³-hybridized carbons (Fsp3) is 0.333. The van der Waals surface area contributed by atoms with Gasteiger partial charge in [0.15, 0.2) is 0 Å². The smallest absolute Gasteiger partial charge is 0.255 e. The molecule has 1 unspecified atom stereocenters. The first-order valence-corrected chi connectivity index (χ1v) is 9.51. The molecule has 2 aliphatic rings. The van der Waals surface area contributed by atoms with Gasteiger partial charge in [0.2, 0.25) is 5.91 Å². The number of nitrogens with zero attached hydrogens (tertiary/aromatic N) is 1. The van der Waals surface area contributed by atoms with Gasteiger partial charge in [-0.25, -0.2) is 0 Å². The molecule has 27 heavy (non-hydrogen) atoms. The predicted molar refractivity (Wildman–Crippen MR) is 103 cm³/mol. The van der Waals surface area contributed by atoms with Crippen molar-refractivity contribution in [3.63, 3.8) is 0 Å². The maximum absolute atomic E-state index is 12.8. The number of piperidine rings is 1. The van der Waals surface area contributed by atoms with E-state index in [0.29, 0.717) is 42.4 Å². The average Bonchev–Trinajstić information content (AvgIpc) is 2.81. The van der Waals surface area contributed by atoms with Crippen LogP contribution < -0.4 is 10.1 Å². The molecule has 2 aromatic rings. The van der Waals surface area contributed by atoms with Gasteiger partial charge in [0.1, 0.15) is 11.4 Å². The number of carbonyl (C=O) groups is 2. The summed E-state index contributed by atoms with van der Waals surface area (Å²) in [6.07, 6.45) is 1.97. The first kappa shape index (κ1) is 17.9. The number of hydrogen-bond donors (Lipinski definition) is 1. The van der Waals surface area contributed by atoms with Crippen LogP contribution in [0.3, 0.4) is 0 Å². The molecule has 140 valence electrons. The number of benzene rings is 2. The van der Waals surface area contributed by atoms with Gasteiger partial charge >= 0.3 is 0 Å². The minimum Gasteiger partial charge on any atom is -0.483 e. The molecule has 1 saturated heterocycles. The molecule has 6 heteroatoms. The SMILES string of the molecule is O=C1NCC2(CCCN(C(=O)Cc3ccc(Cl)cc3)C2)Oc2ccccc21. The minimum absolute atomic E-state index is 0.0591. The molecule has 2 aliphatic heterocycles. The Morgan fingerprint density at radius 1 is 1.19 bits per heavy atom. The number of carbonyl (C=O) groups excluding carboxylic acids is 2. The molecule has 5 nitrogen and oxygen atoms in total. The summed E-state index contributed by atoms with van der Waals surface area (Å²) in [7, 11) is 0. The Labute approximate surface area is 163 Å². The van der Waals surface area contributed by atoms with Crippen molar-refractivity contribution >= 4 is 23.4 Å². The van der Waals surface area contributed by atoms with Gasteiger partial charge in [0, 0.05) is 11.6 Å². The monoisotopic (exact) mass is 384 g/mol. The van der Waals surface area contributed by atoms with E-state index in [1.54, 1.807) is 18.2 Å². The van der Waals surface area contributed by atoms with E-state index in [4.69, 9.17) is 16.3 Å². The number of ether oxygens (including phenoxy) is 1. The first-order valence-electron chi connectivity index (χ1n) is 9.13. The molecule has 1 fully saturated rings. The maximum Gasteiger partial charge on any atom is 0.255 e. The third-order valence-corrected chi connectivity index (χ3v) is 5.44. The average molecular weight is 385 g/mol. The topological polar surface area (TPSA) is 58.6 Å². The highest BCUT2D eigenvalue weighted by Gasteiger charge is 2.41. The molecule has 2 heterocycles. The van der Waals surface area contributed by atoms with Crippen LogP contribution in [-0.4, -0.2) is 41.9 Å². The molecule has 0 bridgehead atoms. The van der Waals surface area contributed by atoms with Crippen LogP contribution in [0.15, 0.2) is 48.5 Å². The Balaban J connectivity index is 1.51. The van der Waals surface area contributed by atoms with Gasteiger partial charge in [-0.2, -0.15) is 0 Å². The van der Waals surface area contributed by atoms with Crippen LogP contribution in [-0.2, 0) is 11.2 Å². The molecule has 0 saturated carbocycles. The number of para-hydroxylation sites is 1. The fourth-order valence-corrected chi connectivity index (χ4v) is 3.90. The summed E-state index contributed by atoms with van der Waals surface area (Å²) >= 11 is 5.92. The second-order valence-corrected chi connectivity index (χ2v) is 7.62. The summed E-state index contributed by atoms with van der Waals surface area (Å²) in [5, 5.41) is 3.62. The number of rotatable bonds is 2. The minimum atomic E-state index is -0.587. The number of nitrogens with one attached hydrogen (secondary N) is 1. The lowest BCUT2D eigenvalue weighted by atomic mass is 9.92. The van der Waals surface area contributed by atoms with Crippen LogP contribution >= 0.6 is 11.6 Å². The molecule has 0 aromatic heterocycles. The standard InChI is InChI=1S/C21H21ClN2O3/c22-16-8-6-15(7-9-16)12-19(25)24-11-3-10-21(14-24)13-23-20(26)17-4-1-2-5-18(17)27-21/h1-2,4-9H,3,10-14H2,(H,23,26). The zero-order chi connectivity index (χ0) is 18.9.